The number of rotatable bonds is 6. The van der Waals surface area contributed by atoms with Crippen molar-refractivity contribution in [2.45, 2.75) is 6.42 Å². The number of anilines is 2. The fraction of sp³-hybridized carbons (Fsp3) is 0.200. The fourth-order valence-corrected chi connectivity index (χ4v) is 3.63. The van der Waals surface area contributed by atoms with Crippen molar-refractivity contribution in [2.75, 3.05) is 36.9 Å². The third-order valence-corrected chi connectivity index (χ3v) is 5.35. The second kappa shape index (κ2) is 12.0. The van der Waals surface area contributed by atoms with Crippen LogP contribution in [0.25, 0.3) is 0 Å². The molecule has 36 heavy (non-hydrogen) atoms. The van der Waals surface area contributed by atoms with Crippen LogP contribution in [-0.4, -0.2) is 53.2 Å². The molecule has 1 fully saturated rings. The van der Waals surface area contributed by atoms with Crippen molar-refractivity contribution < 1.29 is 23.5 Å². The van der Waals surface area contributed by atoms with Gasteiger partial charge in [0.15, 0.2) is 16.7 Å². The predicted octanol–water partition coefficient (Wildman–Crippen LogP) is 3.93. The molecule has 9 nitrogen and oxygen atoms in total. The van der Waals surface area contributed by atoms with Gasteiger partial charge in [-0.15, -0.1) is 0 Å². The smallest absolute Gasteiger partial charge is 0.323 e. The van der Waals surface area contributed by atoms with Gasteiger partial charge in [-0.2, -0.15) is 0 Å². The zero-order chi connectivity index (χ0) is 25.3. The minimum absolute atomic E-state index is 0.0313. The summed E-state index contributed by atoms with van der Waals surface area (Å²) >= 11 is 5.16. The second-order valence-electron chi connectivity index (χ2n) is 7.82. The fourth-order valence-electron chi connectivity index (χ4n) is 3.40. The number of benzene rings is 2. The SMILES string of the molecule is O=C(Cc1ccccc1)NC(=S)Nc1ccc(Oc2ccnc(NC(=O)N3CCOCC3)c2)c(F)c1. The number of thiocarbonyl (C=S) groups is 1. The number of morpholine rings is 1. The number of carbonyl (C=O) groups excluding carboxylic acids is 2. The summed E-state index contributed by atoms with van der Waals surface area (Å²) in [7, 11) is 0. The van der Waals surface area contributed by atoms with Crippen molar-refractivity contribution >= 4 is 40.8 Å². The van der Waals surface area contributed by atoms with E-state index in [-0.39, 0.29) is 35.0 Å². The van der Waals surface area contributed by atoms with Crippen molar-refractivity contribution in [2.24, 2.45) is 0 Å². The number of ether oxygens (including phenoxy) is 2. The first kappa shape index (κ1) is 25.0. The van der Waals surface area contributed by atoms with Crippen LogP contribution in [0.1, 0.15) is 5.56 Å². The third-order valence-electron chi connectivity index (χ3n) is 5.14. The molecule has 0 radical (unpaired) electrons. The summed E-state index contributed by atoms with van der Waals surface area (Å²) in [5.74, 6) is -0.386. The molecule has 3 amide bonds. The van der Waals surface area contributed by atoms with Crippen LogP contribution in [0.15, 0.2) is 66.9 Å². The number of pyridine rings is 1. The van der Waals surface area contributed by atoms with Crippen LogP contribution in [0.2, 0.25) is 0 Å². The predicted molar refractivity (Wildman–Crippen MR) is 137 cm³/mol. The molecule has 3 aromatic rings. The summed E-state index contributed by atoms with van der Waals surface area (Å²) in [5, 5.41) is 8.11. The van der Waals surface area contributed by atoms with E-state index in [1.54, 1.807) is 17.0 Å². The summed E-state index contributed by atoms with van der Waals surface area (Å²) in [6.45, 7) is 1.96. The summed E-state index contributed by atoms with van der Waals surface area (Å²) < 4.78 is 25.6. The Balaban J connectivity index is 1.31. The monoisotopic (exact) mass is 509 g/mol. The molecule has 0 atom stereocenters. The Hall–Kier alpha value is -4.09. The van der Waals surface area contributed by atoms with E-state index in [9.17, 15) is 14.0 Å². The number of hydrogen-bond donors (Lipinski definition) is 3. The van der Waals surface area contributed by atoms with Crippen molar-refractivity contribution in [1.29, 1.82) is 0 Å². The van der Waals surface area contributed by atoms with E-state index in [2.05, 4.69) is 20.9 Å². The molecule has 11 heteroatoms. The average Bonchev–Trinajstić information content (AvgIpc) is 2.87. The summed E-state index contributed by atoms with van der Waals surface area (Å²) in [6, 6.07) is 16.2. The van der Waals surface area contributed by atoms with Gasteiger partial charge < -0.3 is 25.0 Å². The number of halogens is 1. The minimum atomic E-state index is -0.644. The zero-order valence-corrected chi connectivity index (χ0v) is 20.0. The van der Waals surface area contributed by atoms with Gasteiger partial charge in [-0.25, -0.2) is 14.2 Å². The van der Waals surface area contributed by atoms with E-state index in [4.69, 9.17) is 21.7 Å². The molecule has 1 aliphatic heterocycles. The Bertz CT molecular complexity index is 1240. The van der Waals surface area contributed by atoms with Crippen LogP contribution in [0.3, 0.4) is 0 Å². The topological polar surface area (TPSA) is 105 Å². The number of amides is 3. The number of nitrogens with one attached hydrogen (secondary N) is 3. The number of nitrogens with zero attached hydrogens (tertiary/aromatic N) is 2. The van der Waals surface area contributed by atoms with E-state index in [1.807, 2.05) is 30.3 Å². The van der Waals surface area contributed by atoms with Crippen LogP contribution in [0.5, 0.6) is 11.5 Å². The highest BCUT2D eigenvalue weighted by Crippen LogP contribution is 2.27. The largest absolute Gasteiger partial charge is 0.454 e. The minimum Gasteiger partial charge on any atom is -0.454 e. The normalized spacial score (nSPS) is 13.0. The van der Waals surface area contributed by atoms with Crippen molar-refractivity contribution in [1.82, 2.24) is 15.2 Å². The van der Waals surface area contributed by atoms with Crippen LogP contribution in [0.4, 0.5) is 20.7 Å². The van der Waals surface area contributed by atoms with Crippen LogP contribution in [-0.2, 0) is 16.0 Å². The maximum Gasteiger partial charge on any atom is 0.323 e. The highest BCUT2D eigenvalue weighted by atomic mass is 32.1. The molecule has 0 saturated carbocycles. The first-order valence-electron chi connectivity index (χ1n) is 11.2. The molecule has 1 saturated heterocycles. The summed E-state index contributed by atoms with van der Waals surface area (Å²) in [4.78, 5) is 30.2. The molecule has 1 aliphatic rings. The third kappa shape index (κ3) is 7.20. The van der Waals surface area contributed by atoms with Crippen LogP contribution in [0, 0.1) is 5.82 Å². The Labute approximate surface area is 212 Å². The van der Waals surface area contributed by atoms with Gasteiger partial charge in [-0.3, -0.25) is 10.1 Å². The van der Waals surface area contributed by atoms with E-state index in [1.165, 1.54) is 24.4 Å². The molecule has 0 bridgehead atoms. The Kier molecular flexibility index (Phi) is 8.37. The van der Waals surface area contributed by atoms with Gasteiger partial charge in [0.2, 0.25) is 5.91 Å². The highest BCUT2D eigenvalue weighted by Gasteiger charge is 2.17. The molecule has 186 valence electrons. The lowest BCUT2D eigenvalue weighted by Gasteiger charge is -2.26. The first-order chi connectivity index (χ1) is 17.5. The molecule has 1 aromatic heterocycles. The maximum atomic E-state index is 14.7. The molecular formula is C25H24FN5O4S. The average molecular weight is 510 g/mol. The molecule has 3 N–H and O–H groups in total. The number of carbonyl (C=O) groups is 2. The second-order valence-corrected chi connectivity index (χ2v) is 8.23. The Morgan fingerprint density at radius 2 is 1.83 bits per heavy atom. The Morgan fingerprint density at radius 3 is 2.58 bits per heavy atom. The Morgan fingerprint density at radius 1 is 1.06 bits per heavy atom. The molecule has 0 spiro atoms. The molecule has 4 rings (SSSR count). The van der Waals surface area contributed by atoms with Gasteiger partial charge in [0.1, 0.15) is 11.6 Å². The van der Waals surface area contributed by atoms with E-state index in [0.717, 1.165) is 5.56 Å². The zero-order valence-electron chi connectivity index (χ0n) is 19.2. The summed E-state index contributed by atoms with van der Waals surface area (Å²) in [6.07, 6.45) is 1.62. The van der Waals surface area contributed by atoms with Crippen LogP contribution < -0.4 is 20.7 Å². The van der Waals surface area contributed by atoms with E-state index >= 15 is 0 Å². The first-order valence-corrected chi connectivity index (χ1v) is 11.6. The van der Waals surface area contributed by atoms with Crippen molar-refractivity contribution in [3.63, 3.8) is 0 Å². The number of hydrogen-bond acceptors (Lipinski definition) is 6. The maximum absolute atomic E-state index is 14.7. The van der Waals surface area contributed by atoms with Crippen molar-refractivity contribution in [3.05, 3.63) is 78.2 Å². The van der Waals surface area contributed by atoms with Crippen molar-refractivity contribution in [3.8, 4) is 11.5 Å². The number of urea groups is 1. The lowest BCUT2D eigenvalue weighted by Crippen LogP contribution is -2.43. The van der Waals surface area contributed by atoms with Gasteiger partial charge in [0.25, 0.3) is 0 Å². The standard InChI is InChI=1S/C25H24FN5O4S/c26-20-15-18(28-24(36)30-23(32)14-17-4-2-1-3-5-17)6-7-21(20)35-19-8-9-27-22(16-19)29-25(33)31-10-12-34-13-11-31/h1-9,15-16H,10-14H2,(H,27,29,33)(H2,28,30,32,36). The molecule has 2 heterocycles. The molecule has 0 aliphatic carbocycles. The van der Waals surface area contributed by atoms with Gasteiger partial charge in [-0.05, 0) is 36.0 Å². The van der Waals surface area contributed by atoms with Gasteiger partial charge in [-0.1, -0.05) is 30.3 Å². The molecule has 2 aromatic carbocycles. The van der Waals surface area contributed by atoms with E-state index < -0.39 is 5.82 Å². The lowest BCUT2D eigenvalue weighted by molar-refractivity contribution is -0.119. The highest BCUT2D eigenvalue weighted by molar-refractivity contribution is 7.80. The lowest BCUT2D eigenvalue weighted by atomic mass is 10.1. The molecule has 0 unspecified atom stereocenters. The van der Waals surface area contributed by atoms with Gasteiger partial charge >= 0.3 is 6.03 Å². The van der Waals surface area contributed by atoms with E-state index in [0.29, 0.717) is 37.7 Å². The van der Waals surface area contributed by atoms with Crippen LogP contribution >= 0.6 is 12.2 Å². The summed E-state index contributed by atoms with van der Waals surface area (Å²) in [5.41, 5.74) is 1.20. The van der Waals surface area contributed by atoms with Gasteiger partial charge in [0, 0.05) is 37.1 Å². The molecular weight excluding hydrogens is 485 g/mol. The number of aromatic nitrogens is 1. The quantitative estimate of drug-likeness (QED) is 0.433. The van der Waals surface area contributed by atoms with Gasteiger partial charge in [0.05, 0.1) is 19.6 Å².